The number of carbonyl (C=O) groups excluding carboxylic acids is 2. The summed E-state index contributed by atoms with van der Waals surface area (Å²) in [6.45, 7) is 3.55. The zero-order valence-corrected chi connectivity index (χ0v) is 15.1. The Hall–Kier alpha value is -2.83. The van der Waals surface area contributed by atoms with Crippen LogP contribution in [0.25, 0.3) is 0 Å². The van der Waals surface area contributed by atoms with Crippen molar-refractivity contribution in [1.29, 1.82) is 0 Å². The van der Waals surface area contributed by atoms with Gasteiger partial charge in [0.05, 0.1) is 5.56 Å². The minimum atomic E-state index is -4.50. The van der Waals surface area contributed by atoms with E-state index in [-0.39, 0.29) is 24.6 Å². The standard InChI is InChI=1S/C20H21F3N2O2/c1-14-6-3-4-7-16(14)13-24-19(27)10-11-25(15(2)26)18-9-5-8-17(12-18)20(21,22)23/h3-9,12H,10-11,13H2,1-2H3,(H,24,27). The largest absolute Gasteiger partial charge is 0.416 e. The van der Waals surface area contributed by atoms with E-state index in [4.69, 9.17) is 0 Å². The third-order valence-corrected chi connectivity index (χ3v) is 4.17. The lowest BCUT2D eigenvalue weighted by molar-refractivity contribution is -0.137. The van der Waals surface area contributed by atoms with Crippen molar-refractivity contribution >= 4 is 17.5 Å². The van der Waals surface area contributed by atoms with Crippen molar-refractivity contribution < 1.29 is 22.8 Å². The van der Waals surface area contributed by atoms with E-state index in [1.165, 1.54) is 24.0 Å². The van der Waals surface area contributed by atoms with Gasteiger partial charge in [-0.3, -0.25) is 9.59 Å². The number of aryl methyl sites for hydroxylation is 1. The molecule has 0 heterocycles. The van der Waals surface area contributed by atoms with Gasteiger partial charge < -0.3 is 10.2 Å². The number of benzene rings is 2. The number of hydrogen-bond donors (Lipinski definition) is 1. The van der Waals surface area contributed by atoms with Crippen LogP contribution in [-0.4, -0.2) is 18.4 Å². The predicted octanol–water partition coefficient (Wildman–Crippen LogP) is 4.07. The van der Waals surface area contributed by atoms with E-state index in [1.54, 1.807) is 0 Å². The maximum absolute atomic E-state index is 12.9. The monoisotopic (exact) mass is 378 g/mol. The second kappa shape index (κ2) is 8.70. The van der Waals surface area contributed by atoms with Gasteiger partial charge in [0.15, 0.2) is 0 Å². The second-order valence-electron chi connectivity index (χ2n) is 6.17. The summed E-state index contributed by atoms with van der Waals surface area (Å²) in [5, 5.41) is 2.76. The minimum absolute atomic E-state index is 0.00372. The highest BCUT2D eigenvalue weighted by atomic mass is 19.4. The lowest BCUT2D eigenvalue weighted by atomic mass is 10.1. The molecule has 0 saturated carbocycles. The van der Waals surface area contributed by atoms with Crippen molar-refractivity contribution in [2.45, 2.75) is 33.0 Å². The number of anilines is 1. The Labute approximate surface area is 156 Å². The fraction of sp³-hybridized carbons (Fsp3) is 0.300. The maximum atomic E-state index is 12.9. The first-order valence-corrected chi connectivity index (χ1v) is 8.45. The van der Waals surface area contributed by atoms with Crippen molar-refractivity contribution in [2.24, 2.45) is 0 Å². The Morgan fingerprint density at radius 1 is 1.07 bits per heavy atom. The molecule has 144 valence electrons. The van der Waals surface area contributed by atoms with Gasteiger partial charge in [-0.15, -0.1) is 0 Å². The molecular weight excluding hydrogens is 357 g/mol. The average molecular weight is 378 g/mol. The number of halogens is 3. The molecule has 4 nitrogen and oxygen atoms in total. The number of alkyl halides is 3. The molecule has 27 heavy (non-hydrogen) atoms. The molecule has 0 aliphatic heterocycles. The highest BCUT2D eigenvalue weighted by molar-refractivity contribution is 5.92. The van der Waals surface area contributed by atoms with Crippen molar-refractivity contribution in [1.82, 2.24) is 5.32 Å². The molecule has 0 aliphatic rings. The van der Waals surface area contributed by atoms with Gasteiger partial charge in [0.25, 0.3) is 0 Å². The molecule has 2 rings (SSSR count). The lowest BCUT2D eigenvalue weighted by Crippen LogP contribution is -2.34. The molecule has 0 unspecified atom stereocenters. The summed E-state index contributed by atoms with van der Waals surface area (Å²) in [6.07, 6.45) is -4.51. The number of rotatable bonds is 6. The normalized spacial score (nSPS) is 11.1. The minimum Gasteiger partial charge on any atom is -0.352 e. The molecule has 0 aromatic heterocycles. The Kier molecular flexibility index (Phi) is 6.60. The summed E-state index contributed by atoms with van der Waals surface area (Å²) >= 11 is 0. The van der Waals surface area contributed by atoms with Gasteiger partial charge >= 0.3 is 6.18 Å². The highest BCUT2D eigenvalue weighted by Crippen LogP contribution is 2.31. The Morgan fingerprint density at radius 2 is 1.78 bits per heavy atom. The van der Waals surface area contributed by atoms with Crippen LogP contribution in [0.5, 0.6) is 0 Å². The van der Waals surface area contributed by atoms with Gasteiger partial charge in [0.2, 0.25) is 11.8 Å². The van der Waals surface area contributed by atoms with E-state index in [2.05, 4.69) is 5.32 Å². The van der Waals surface area contributed by atoms with Crippen molar-refractivity contribution in [3.05, 3.63) is 65.2 Å². The summed E-state index contributed by atoms with van der Waals surface area (Å²) in [7, 11) is 0. The van der Waals surface area contributed by atoms with Crippen LogP contribution in [0, 0.1) is 6.92 Å². The molecule has 0 atom stereocenters. The Bertz CT molecular complexity index is 819. The first-order valence-electron chi connectivity index (χ1n) is 8.45. The molecule has 7 heteroatoms. The van der Waals surface area contributed by atoms with Crippen LogP contribution in [-0.2, 0) is 22.3 Å². The molecule has 0 aliphatic carbocycles. The number of hydrogen-bond acceptors (Lipinski definition) is 2. The predicted molar refractivity (Wildman–Crippen MR) is 97.1 cm³/mol. The highest BCUT2D eigenvalue weighted by Gasteiger charge is 2.31. The van der Waals surface area contributed by atoms with Gasteiger partial charge in [0.1, 0.15) is 0 Å². The van der Waals surface area contributed by atoms with E-state index < -0.39 is 17.6 Å². The molecule has 1 N–H and O–H groups in total. The fourth-order valence-corrected chi connectivity index (χ4v) is 2.62. The molecule has 0 fully saturated rings. The molecule has 0 spiro atoms. The van der Waals surface area contributed by atoms with Crippen LogP contribution in [0.4, 0.5) is 18.9 Å². The van der Waals surface area contributed by atoms with Gasteiger partial charge in [-0.2, -0.15) is 13.2 Å². The van der Waals surface area contributed by atoms with Crippen LogP contribution >= 0.6 is 0 Å². The number of carbonyl (C=O) groups is 2. The third kappa shape index (κ3) is 5.84. The van der Waals surface area contributed by atoms with Crippen LogP contribution in [0.1, 0.15) is 30.0 Å². The molecule has 0 bridgehead atoms. The van der Waals surface area contributed by atoms with Crippen LogP contribution < -0.4 is 10.2 Å². The third-order valence-electron chi connectivity index (χ3n) is 4.17. The van der Waals surface area contributed by atoms with Crippen LogP contribution in [0.3, 0.4) is 0 Å². The number of nitrogens with zero attached hydrogens (tertiary/aromatic N) is 1. The zero-order valence-electron chi connectivity index (χ0n) is 15.1. The zero-order chi connectivity index (χ0) is 20.0. The summed E-state index contributed by atoms with van der Waals surface area (Å²) in [6, 6.07) is 12.1. The molecule has 2 aromatic carbocycles. The molecule has 0 saturated heterocycles. The molecule has 0 radical (unpaired) electrons. The molecule has 2 amide bonds. The maximum Gasteiger partial charge on any atom is 0.416 e. The van der Waals surface area contributed by atoms with Crippen LogP contribution in [0.15, 0.2) is 48.5 Å². The van der Waals surface area contributed by atoms with Gasteiger partial charge in [0, 0.05) is 32.1 Å². The van der Waals surface area contributed by atoms with Crippen molar-refractivity contribution in [2.75, 3.05) is 11.4 Å². The number of amides is 2. The smallest absolute Gasteiger partial charge is 0.352 e. The first kappa shape index (κ1) is 20.5. The van der Waals surface area contributed by atoms with E-state index in [0.29, 0.717) is 6.54 Å². The fourth-order valence-electron chi connectivity index (χ4n) is 2.62. The lowest BCUT2D eigenvalue weighted by Gasteiger charge is -2.22. The van der Waals surface area contributed by atoms with Gasteiger partial charge in [-0.25, -0.2) is 0 Å². The van der Waals surface area contributed by atoms with Crippen molar-refractivity contribution in [3.8, 4) is 0 Å². The number of nitrogens with one attached hydrogen (secondary N) is 1. The van der Waals surface area contributed by atoms with Gasteiger partial charge in [-0.1, -0.05) is 30.3 Å². The Morgan fingerprint density at radius 3 is 2.41 bits per heavy atom. The molecule has 2 aromatic rings. The summed E-state index contributed by atoms with van der Waals surface area (Å²) in [4.78, 5) is 25.1. The quantitative estimate of drug-likeness (QED) is 0.824. The second-order valence-corrected chi connectivity index (χ2v) is 6.17. The summed E-state index contributed by atoms with van der Waals surface area (Å²) in [5.74, 6) is -0.711. The summed E-state index contributed by atoms with van der Waals surface area (Å²) < 4.78 is 38.6. The van der Waals surface area contributed by atoms with E-state index in [0.717, 1.165) is 23.3 Å². The van der Waals surface area contributed by atoms with E-state index in [1.807, 2.05) is 31.2 Å². The van der Waals surface area contributed by atoms with Crippen LogP contribution in [0.2, 0.25) is 0 Å². The topological polar surface area (TPSA) is 49.4 Å². The van der Waals surface area contributed by atoms with E-state index >= 15 is 0 Å². The molecular formula is C20H21F3N2O2. The average Bonchev–Trinajstić information content (AvgIpc) is 2.60. The van der Waals surface area contributed by atoms with Gasteiger partial charge in [-0.05, 0) is 36.2 Å². The Balaban J connectivity index is 1.99. The van der Waals surface area contributed by atoms with Crippen molar-refractivity contribution in [3.63, 3.8) is 0 Å². The van der Waals surface area contributed by atoms with E-state index in [9.17, 15) is 22.8 Å². The summed E-state index contributed by atoms with van der Waals surface area (Å²) in [5.41, 5.74) is 1.30. The first-order chi connectivity index (χ1) is 12.7. The SMILES string of the molecule is CC(=O)N(CCC(=O)NCc1ccccc1C)c1cccc(C(F)(F)F)c1.